The van der Waals surface area contributed by atoms with Gasteiger partial charge in [0.25, 0.3) is 5.91 Å². The maximum atomic E-state index is 14.0. The smallest absolute Gasteiger partial charge is 0.259 e. The number of amides is 1. The molecule has 110 valence electrons. The average Bonchev–Trinajstić information content (AvgIpc) is 2.43. The number of nitrogens with two attached hydrogens (primary N) is 1. The van der Waals surface area contributed by atoms with E-state index in [0.29, 0.717) is 5.69 Å². The number of benzene rings is 2. The molecule has 0 saturated carbocycles. The highest BCUT2D eigenvalue weighted by molar-refractivity contribution is 5.94. The van der Waals surface area contributed by atoms with Crippen LogP contribution < -0.4 is 5.73 Å². The van der Waals surface area contributed by atoms with Gasteiger partial charge in [0, 0.05) is 19.3 Å². The maximum Gasteiger partial charge on any atom is 0.259 e. The van der Waals surface area contributed by atoms with E-state index in [9.17, 15) is 13.6 Å². The van der Waals surface area contributed by atoms with Crippen molar-refractivity contribution >= 4 is 11.6 Å². The van der Waals surface area contributed by atoms with E-state index in [1.807, 2.05) is 0 Å². The summed E-state index contributed by atoms with van der Waals surface area (Å²) < 4.78 is 27.7. The van der Waals surface area contributed by atoms with E-state index in [1.54, 1.807) is 24.3 Å². The van der Waals surface area contributed by atoms with Gasteiger partial charge in [0.1, 0.15) is 17.2 Å². The van der Waals surface area contributed by atoms with Gasteiger partial charge in [0.05, 0.1) is 0 Å². The summed E-state index contributed by atoms with van der Waals surface area (Å²) in [6, 6.07) is 9.40. The number of nitrogen functional groups attached to an aromatic ring is 1. The molecule has 2 N–H and O–H groups in total. The average molecular weight is 290 g/mol. The van der Waals surface area contributed by atoms with Gasteiger partial charge < -0.3 is 10.6 Å². The lowest BCUT2D eigenvalue weighted by molar-refractivity contribution is 0.0775. The third kappa shape index (κ3) is 3.18. The quantitative estimate of drug-likeness (QED) is 0.883. The Morgan fingerprint density at radius 3 is 2.62 bits per heavy atom. The third-order valence-corrected chi connectivity index (χ3v) is 3.22. The lowest BCUT2D eigenvalue weighted by Crippen LogP contribution is -2.28. The molecule has 0 fully saturated rings. The fourth-order valence-corrected chi connectivity index (χ4v) is 2.08. The number of hydrogen-bond acceptors (Lipinski definition) is 2. The highest BCUT2D eigenvalue weighted by Crippen LogP contribution is 2.19. The fraction of sp³-hybridized carbons (Fsp3) is 0.188. The summed E-state index contributed by atoms with van der Waals surface area (Å²) in [4.78, 5) is 13.5. The standard InChI is InChI=1S/C16H16F2N2O/c1-10-6-7-13(17)14(15(10)18)16(21)20(2)9-11-4-3-5-12(19)8-11/h3-8H,9,19H2,1-2H3. The van der Waals surface area contributed by atoms with Gasteiger partial charge in [-0.25, -0.2) is 8.78 Å². The zero-order valence-corrected chi connectivity index (χ0v) is 11.9. The summed E-state index contributed by atoms with van der Waals surface area (Å²) >= 11 is 0. The Labute approximate surface area is 122 Å². The number of rotatable bonds is 3. The molecule has 0 spiro atoms. The molecule has 0 aliphatic heterocycles. The molecule has 3 nitrogen and oxygen atoms in total. The number of carbonyl (C=O) groups is 1. The van der Waals surface area contributed by atoms with Gasteiger partial charge in [-0.05, 0) is 36.2 Å². The number of carbonyl (C=O) groups excluding carboxylic acids is 1. The van der Waals surface area contributed by atoms with Crippen LogP contribution in [0.5, 0.6) is 0 Å². The number of anilines is 1. The van der Waals surface area contributed by atoms with Crippen molar-refractivity contribution in [3.63, 3.8) is 0 Å². The molecule has 0 bridgehead atoms. The summed E-state index contributed by atoms with van der Waals surface area (Å²) in [6.07, 6.45) is 0. The van der Waals surface area contributed by atoms with Gasteiger partial charge in [-0.3, -0.25) is 4.79 Å². The number of hydrogen-bond donors (Lipinski definition) is 1. The molecule has 0 unspecified atom stereocenters. The minimum atomic E-state index is -0.859. The largest absolute Gasteiger partial charge is 0.399 e. The van der Waals surface area contributed by atoms with E-state index in [0.717, 1.165) is 11.6 Å². The van der Waals surface area contributed by atoms with Crippen LogP contribution in [-0.4, -0.2) is 17.9 Å². The first-order valence-corrected chi connectivity index (χ1v) is 6.44. The van der Waals surface area contributed by atoms with E-state index in [-0.39, 0.29) is 12.1 Å². The van der Waals surface area contributed by atoms with E-state index >= 15 is 0 Å². The van der Waals surface area contributed by atoms with Crippen LogP contribution in [0.25, 0.3) is 0 Å². The molecule has 5 heteroatoms. The van der Waals surface area contributed by atoms with Crippen LogP contribution >= 0.6 is 0 Å². The molecule has 21 heavy (non-hydrogen) atoms. The predicted molar refractivity (Wildman–Crippen MR) is 77.7 cm³/mol. The van der Waals surface area contributed by atoms with Gasteiger partial charge in [-0.1, -0.05) is 18.2 Å². The first-order valence-electron chi connectivity index (χ1n) is 6.44. The topological polar surface area (TPSA) is 46.3 Å². The SMILES string of the molecule is Cc1ccc(F)c(C(=O)N(C)Cc2cccc(N)c2)c1F. The van der Waals surface area contributed by atoms with Gasteiger partial charge >= 0.3 is 0 Å². The maximum absolute atomic E-state index is 14.0. The molecular formula is C16H16F2N2O. The van der Waals surface area contributed by atoms with Crippen LogP contribution in [0, 0.1) is 18.6 Å². The molecule has 0 radical (unpaired) electrons. The van der Waals surface area contributed by atoms with E-state index in [4.69, 9.17) is 5.73 Å². The summed E-state index contributed by atoms with van der Waals surface area (Å²) in [5.41, 5.74) is 6.73. The first kappa shape index (κ1) is 15.0. The summed E-state index contributed by atoms with van der Waals surface area (Å²) in [7, 11) is 1.49. The second-order valence-corrected chi connectivity index (χ2v) is 4.96. The summed E-state index contributed by atoms with van der Waals surface area (Å²) in [6.45, 7) is 1.71. The predicted octanol–water partition coefficient (Wildman–Crippen LogP) is 3.13. The second-order valence-electron chi connectivity index (χ2n) is 4.96. The Bertz CT molecular complexity index is 686. The van der Waals surface area contributed by atoms with Crippen LogP contribution in [-0.2, 0) is 6.54 Å². The van der Waals surface area contributed by atoms with Crippen LogP contribution in [0.1, 0.15) is 21.5 Å². The van der Waals surface area contributed by atoms with Crippen molar-refractivity contribution in [3.05, 3.63) is 64.7 Å². The van der Waals surface area contributed by atoms with E-state index in [2.05, 4.69) is 0 Å². The Hall–Kier alpha value is -2.43. The van der Waals surface area contributed by atoms with Crippen LogP contribution in [0.4, 0.5) is 14.5 Å². The fourth-order valence-electron chi connectivity index (χ4n) is 2.08. The zero-order chi connectivity index (χ0) is 15.6. The Morgan fingerprint density at radius 2 is 1.95 bits per heavy atom. The Balaban J connectivity index is 2.26. The van der Waals surface area contributed by atoms with Crippen LogP contribution in [0.2, 0.25) is 0 Å². The molecule has 0 heterocycles. The second kappa shape index (κ2) is 5.91. The molecule has 0 aromatic heterocycles. The van der Waals surface area contributed by atoms with Crippen LogP contribution in [0.3, 0.4) is 0 Å². The molecule has 2 rings (SSSR count). The summed E-state index contributed by atoms with van der Waals surface area (Å²) in [5, 5.41) is 0. The highest BCUT2D eigenvalue weighted by atomic mass is 19.1. The van der Waals surface area contributed by atoms with Crippen LogP contribution in [0.15, 0.2) is 36.4 Å². The molecule has 0 atom stereocenters. The van der Waals surface area contributed by atoms with Gasteiger partial charge in [0.15, 0.2) is 0 Å². The lowest BCUT2D eigenvalue weighted by atomic mass is 10.1. The highest BCUT2D eigenvalue weighted by Gasteiger charge is 2.22. The molecular weight excluding hydrogens is 274 g/mol. The van der Waals surface area contributed by atoms with E-state index in [1.165, 1.54) is 24.9 Å². The minimum Gasteiger partial charge on any atom is -0.399 e. The monoisotopic (exact) mass is 290 g/mol. The van der Waals surface area contributed by atoms with E-state index < -0.39 is 23.1 Å². The first-order chi connectivity index (χ1) is 9.90. The molecule has 0 saturated heterocycles. The lowest BCUT2D eigenvalue weighted by Gasteiger charge is -2.18. The van der Waals surface area contributed by atoms with Gasteiger partial charge in [0.2, 0.25) is 0 Å². The molecule has 2 aromatic carbocycles. The Morgan fingerprint density at radius 1 is 1.24 bits per heavy atom. The normalized spacial score (nSPS) is 10.5. The molecule has 1 amide bonds. The summed E-state index contributed by atoms with van der Waals surface area (Å²) in [5.74, 6) is -2.38. The van der Waals surface area contributed by atoms with Crippen molar-refractivity contribution in [2.75, 3.05) is 12.8 Å². The van der Waals surface area contributed by atoms with Crippen molar-refractivity contribution in [3.8, 4) is 0 Å². The zero-order valence-electron chi connectivity index (χ0n) is 11.9. The number of halogens is 2. The molecule has 0 aliphatic rings. The van der Waals surface area contributed by atoms with Crippen molar-refractivity contribution in [2.24, 2.45) is 0 Å². The number of aryl methyl sites for hydroxylation is 1. The molecule has 2 aromatic rings. The van der Waals surface area contributed by atoms with Crippen molar-refractivity contribution in [2.45, 2.75) is 13.5 Å². The van der Waals surface area contributed by atoms with Crippen molar-refractivity contribution < 1.29 is 13.6 Å². The van der Waals surface area contributed by atoms with Crippen molar-refractivity contribution in [1.29, 1.82) is 0 Å². The molecule has 0 aliphatic carbocycles. The van der Waals surface area contributed by atoms with Gasteiger partial charge in [-0.2, -0.15) is 0 Å². The number of nitrogens with zero attached hydrogens (tertiary/aromatic N) is 1. The Kier molecular flexibility index (Phi) is 4.21. The minimum absolute atomic E-state index is 0.219. The van der Waals surface area contributed by atoms with Gasteiger partial charge in [-0.15, -0.1) is 0 Å². The third-order valence-electron chi connectivity index (χ3n) is 3.22. The van der Waals surface area contributed by atoms with Crippen molar-refractivity contribution in [1.82, 2.24) is 4.90 Å².